The summed E-state index contributed by atoms with van der Waals surface area (Å²) < 4.78 is 0. The van der Waals surface area contributed by atoms with E-state index >= 15 is 0 Å². The van der Waals surface area contributed by atoms with Crippen molar-refractivity contribution < 1.29 is 4.84 Å². The summed E-state index contributed by atoms with van der Waals surface area (Å²) in [4.78, 5) is 7.92. The van der Waals surface area contributed by atoms with Crippen molar-refractivity contribution in [2.45, 2.75) is 59.5 Å². The number of nitrogens with one attached hydrogen (secondary N) is 1. The highest BCUT2D eigenvalue weighted by Crippen LogP contribution is 2.10. The molecule has 0 aromatic rings. The van der Waals surface area contributed by atoms with Gasteiger partial charge in [-0.15, -0.1) is 0 Å². The molecule has 0 bridgehead atoms. The van der Waals surface area contributed by atoms with Gasteiger partial charge in [0.15, 0.2) is 0 Å². The third-order valence-corrected chi connectivity index (χ3v) is 3.18. The maximum absolute atomic E-state index is 5.59. The quantitative estimate of drug-likeness (QED) is 0.785. The summed E-state index contributed by atoms with van der Waals surface area (Å²) in [6, 6.07) is 0. The third kappa shape index (κ3) is 8.22. The Kier molecular flexibility index (Phi) is 12.0. The molecular formula is C15H33N3O. The van der Waals surface area contributed by atoms with E-state index in [1.807, 2.05) is 27.7 Å². The van der Waals surface area contributed by atoms with E-state index in [2.05, 4.69) is 22.4 Å². The third-order valence-electron chi connectivity index (χ3n) is 3.18. The minimum Gasteiger partial charge on any atom is -0.392 e. The summed E-state index contributed by atoms with van der Waals surface area (Å²) in [6.45, 7) is 12.4. The number of oxime groups is 1. The molecule has 0 spiro atoms. The van der Waals surface area contributed by atoms with Gasteiger partial charge in [-0.05, 0) is 33.0 Å². The molecule has 2 rings (SSSR count). The average molecular weight is 271 g/mol. The first-order valence-electron chi connectivity index (χ1n) is 7.95. The molecule has 0 atom stereocenters. The van der Waals surface area contributed by atoms with Crippen LogP contribution in [-0.2, 0) is 4.84 Å². The van der Waals surface area contributed by atoms with Crippen molar-refractivity contribution in [2.24, 2.45) is 5.16 Å². The standard InChI is InChI=1S/C11H21N3O.2C2H6/c1-14-8-4-10(5-9-14)13-15-11-2-6-12-7-3-11;2*1-2/h11-12H,2-9H2,1H3;2*1-2H3. The van der Waals surface area contributed by atoms with Crippen LogP contribution in [0, 0.1) is 0 Å². The highest BCUT2D eigenvalue weighted by Gasteiger charge is 2.15. The second-order valence-corrected chi connectivity index (χ2v) is 4.52. The van der Waals surface area contributed by atoms with Crippen molar-refractivity contribution in [2.75, 3.05) is 33.2 Å². The Morgan fingerprint density at radius 3 is 2.11 bits per heavy atom. The van der Waals surface area contributed by atoms with E-state index in [-0.39, 0.29) is 0 Å². The summed E-state index contributed by atoms with van der Waals surface area (Å²) >= 11 is 0. The van der Waals surface area contributed by atoms with Crippen LogP contribution in [0.1, 0.15) is 53.4 Å². The molecule has 0 saturated carbocycles. The number of piperidine rings is 2. The highest BCUT2D eigenvalue weighted by atomic mass is 16.6. The SMILES string of the molecule is CC.CC.CN1CCC(=NOC2CCNCC2)CC1. The van der Waals surface area contributed by atoms with Gasteiger partial charge in [0.2, 0.25) is 0 Å². The molecule has 19 heavy (non-hydrogen) atoms. The lowest BCUT2D eigenvalue weighted by atomic mass is 10.1. The maximum atomic E-state index is 5.59. The summed E-state index contributed by atoms with van der Waals surface area (Å²) in [7, 11) is 2.16. The number of hydrogen-bond donors (Lipinski definition) is 1. The molecule has 0 aromatic heterocycles. The van der Waals surface area contributed by atoms with Crippen LogP contribution in [0.2, 0.25) is 0 Å². The Morgan fingerprint density at radius 1 is 1.05 bits per heavy atom. The van der Waals surface area contributed by atoms with Crippen LogP contribution in [0.3, 0.4) is 0 Å². The predicted molar refractivity (Wildman–Crippen MR) is 83.8 cm³/mol. The maximum Gasteiger partial charge on any atom is 0.130 e. The smallest absolute Gasteiger partial charge is 0.130 e. The predicted octanol–water partition coefficient (Wildman–Crippen LogP) is 2.89. The van der Waals surface area contributed by atoms with E-state index in [9.17, 15) is 0 Å². The summed E-state index contributed by atoms with van der Waals surface area (Å²) in [5.41, 5.74) is 1.24. The Hall–Kier alpha value is -0.610. The molecule has 0 unspecified atom stereocenters. The molecule has 2 heterocycles. The first kappa shape index (κ1) is 18.4. The molecule has 0 aliphatic carbocycles. The lowest BCUT2D eigenvalue weighted by molar-refractivity contribution is 0.0363. The normalized spacial score (nSPS) is 20.6. The first-order valence-corrected chi connectivity index (χ1v) is 7.95. The zero-order valence-corrected chi connectivity index (χ0v) is 13.5. The van der Waals surface area contributed by atoms with Crippen molar-refractivity contribution >= 4 is 5.71 Å². The van der Waals surface area contributed by atoms with Gasteiger partial charge in [-0.2, -0.15) is 0 Å². The minimum atomic E-state index is 0.346. The van der Waals surface area contributed by atoms with Crippen LogP contribution in [0.5, 0.6) is 0 Å². The van der Waals surface area contributed by atoms with Crippen LogP contribution in [-0.4, -0.2) is 49.9 Å². The molecule has 0 radical (unpaired) electrons. The van der Waals surface area contributed by atoms with Crippen molar-refractivity contribution in [3.63, 3.8) is 0 Å². The van der Waals surface area contributed by atoms with Crippen LogP contribution in [0.25, 0.3) is 0 Å². The number of hydrogen-bond acceptors (Lipinski definition) is 4. The van der Waals surface area contributed by atoms with Crippen molar-refractivity contribution in [1.29, 1.82) is 0 Å². The minimum absolute atomic E-state index is 0.346. The van der Waals surface area contributed by atoms with Crippen LogP contribution in [0.15, 0.2) is 5.16 Å². The molecule has 2 aliphatic heterocycles. The van der Waals surface area contributed by atoms with E-state index in [0.29, 0.717) is 6.10 Å². The van der Waals surface area contributed by atoms with Gasteiger partial charge in [0.25, 0.3) is 0 Å². The van der Waals surface area contributed by atoms with E-state index < -0.39 is 0 Å². The zero-order valence-electron chi connectivity index (χ0n) is 13.5. The first-order chi connectivity index (χ1) is 9.34. The molecule has 1 N–H and O–H groups in total. The van der Waals surface area contributed by atoms with Gasteiger partial charge in [-0.3, -0.25) is 0 Å². The summed E-state index contributed by atoms with van der Waals surface area (Å²) in [6.07, 6.45) is 4.68. The lowest BCUT2D eigenvalue weighted by Gasteiger charge is -2.24. The van der Waals surface area contributed by atoms with E-state index in [1.54, 1.807) is 0 Å². The van der Waals surface area contributed by atoms with Crippen LogP contribution in [0.4, 0.5) is 0 Å². The van der Waals surface area contributed by atoms with Gasteiger partial charge >= 0.3 is 0 Å². The highest BCUT2D eigenvalue weighted by molar-refractivity contribution is 5.84. The van der Waals surface area contributed by atoms with Crippen molar-refractivity contribution in [1.82, 2.24) is 10.2 Å². The molecule has 114 valence electrons. The molecular weight excluding hydrogens is 238 g/mol. The van der Waals surface area contributed by atoms with Crippen LogP contribution >= 0.6 is 0 Å². The number of nitrogens with zero attached hydrogens (tertiary/aromatic N) is 2. The van der Waals surface area contributed by atoms with Gasteiger partial charge in [0.1, 0.15) is 6.10 Å². The topological polar surface area (TPSA) is 36.9 Å². The molecule has 2 saturated heterocycles. The van der Waals surface area contributed by atoms with E-state index in [4.69, 9.17) is 4.84 Å². The molecule has 4 heteroatoms. The van der Waals surface area contributed by atoms with Crippen molar-refractivity contribution in [3.8, 4) is 0 Å². The second-order valence-electron chi connectivity index (χ2n) is 4.52. The number of likely N-dealkylation sites (tertiary alicyclic amines) is 1. The second kappa shape index (κ2) is 12.4. The molecule has 2 fully saturated rings. The lowest BCUT2D eigenvalue weighted by Crippen LogP contribution is -2.33. The fourth-order valence-electron chi connectivity index (χ4n) is 2.02. The largest absolute Gasteiger partial charge is 0.392 e. The Balaban J connectivity index is 0.000000741. The van der Waals surface area contributed by atoms with Crippen LogP contribution < -0.4 is 5.32 Å². The summed E-state index contributed by atoms with van der Waals surface area (Å²) in [5.74, 6) is 0. The molecule has 0 amide bonds. The van der Waals surface area contributed by atoms with E-state index in [0.717, 1.165) is 51.9 Å². The number of rotatable bonds is 2. The monoisotopic (exact) mass is 271 g/mol. The van der Waals surface area contributed by atoms with Gasteiger partial charge < -0.3 is 15.1 Å². The Labute approximate surface area is 119 Å². The molecule has 0 aromatic carbocycles. The average Bonchev–Trinajstić information content (AvgIpc) is 2.52. The fourth-order valence-corrected chi connectivity index (χ4v) is 2.02. The zero-order chi connectivity index (χ0) is 14.5. The van der Waals surface area contributed by atoms with Gasteiger partial charge in [-0.25, -0.2) is 0 Å². The van der Waals surface area contributed by atoms with Gasteiger partial charge in [-0.1, -0.05) is 32.9 Å². The van der Waals surface area contributed by atoms with Crippen molar-refractivity contribution in [3.05, 3.63) is 0 Å². The fraction of sp³-hybridized carbons (Fsp3) is 0.933. The van der Waals surface area contributed by atoms with Gasteiger partial charge in [0.05, 0.1) is 5.71 Å². The molecule has 4 nitrogen and oxygen atoms in total. The van der Waals surface area contributed by atoms with Gasteiger partial charge in [0, 0.05) is 25.9 Å². The Morgan fingerprint density at radius 2 is 1.58 bits per heavy atom. The Bertz CT molecular complexity index is 215. The summed E-state index contributed by atoms with van der Waals surface area (Å²) in [5, 5.41) is 7.63. The molecule has 2 aliphatic rings. The van der Waals surface area contributed by atoms with E-state index in [1.165, 1.54) is 5.71 Å².